The molecule has 0 fully saturated rings. The topological polar surface area (TPSA) is 123 Å². The molecule has 4 N–H and O–H groups in total. The molecule has 37 heavy (non-hydrogen) atoms. The Labute approximate surface area is 218 Å². The van der Waals surface area contributed by atoms with E-state index in [0.717, 1.165) is 5.56 Å². The molecule has 0 bridgehead atoms. The van der Waals surface area contributed by atoms with Crippen LogP contribution in [-0.4, -0.2) is 44.2 Å². The molecule has 0 aliphatic carbocycles. The Kier molecular flexibility index (Phi) is 10.1. The maximum absolute atomic E-state index is 14.7. The molecule has 11 heteroatoms. The second-order valence-electron chi connectivity index (χ2n) is 7.83. The van der Waals surface area contributed by atoms with E-state index in [-0.39, 0.29) is 40.7 Å². The lowest BCUT2D eigenvalue weighted by molar-refractivity contribution is 0.289. The van der Waals surface area contributed by atoms with E-state index in [1.807, 2.05) is 20.8 Å². The van der Waals surface area contributed by atoms with Crippen LogP contribution in [0.4, 0.5) is 14.6 Å². The summed E-state index contributed by atoms with van der Waals surface area (Å²) in [6.07, 6.45) is 1.99. The number of nitrogens with one attached hydrogen (secondary N) is 1. The minimum absolute atomic E-state index is 0.0236. The molecule has 1 unspecified atom stereocenters. The molecule has 0 aliphatic heterocycles. The fourth-order valence-corrected chi connectivity index (χ4v) is 4.36. The van der Waals surface area contributed by atoms with Crippen LogP contribution >= 0.6 is 11.8 Å². The molecular formula is C26H30F2N6O2S. The van der Waals surface area contributed by atoms with E-state index >= 15 is 0 Å². The highest BCUT2D eigenvalue weighted by Crippen LogP contribution is 2.32. The first-order valence-electron chi connectivity index (χ1n) is 11.9. The predicted molar refractivity (Wildman–Crippen MR) is 142 cm³/mol. The molecule has 0 radical (unpaired) electrons. The molecule has 2 aromatic carbocycles. The summed E-state index contributed by atoms with van der Waals surface area (Å²) >= 11 is 1.35. The van der Waals surface area contributed by atoms with E-state index in [9.17, 15) is 8.78 Å². The summed E-state index contributed by atoms with van der Waals surface area (Å²) in [4.78, 5) is 9.06. The number of rotatable bonds is 9. The molecule has 0 aliphatic rings. The molecule has 1 atom stereocenters. The van der Waals surface area contributed by atoms with E-state index in [0.29, 0.717) is 29.1 Å². The van der Waals surface area contributed by atoms with Gasteiger partial charge >= 0.3 is 0 Å². The Morgan fingerprint density at radius 3 is 2.51 bits per heavy atom. The fourth-order valence-electron chi connectivity index (χ4n) is 3.38. The number of anilines is 1. The Morgan fingerprint density at radius 1 is 1.08 bits per heavy atom. The van der Waals surface area contributed by atoms with Crippen LogP contribution < -0.4 is 11.1 Å². The van der Waals surface area contributed by atoms with Gasteiger partial charge in [-0.25, -0.2) is 18.7 Å². The van der Waals surface area contributed by atoms with Crippen molar-refractivity contribution in [3.63, 3.8) is 0 Å². The van der Waals surface area contributed by atoms with Crippen molar-refractivity contribution in [2.45, 2.75) is 43.9 Å². The van der Waals surface area contributed by atoms with E-state index in [4.69, 9.17) is 15.3 Å². The van der Waals surface area contributed by atoms with Crippen LogP contribution in [0.25, 0.3) is 34.3 Å². The molecule has 4 rings (SSSR count). The van der Waals surface area contributed by atoms with Gasteiger partial charge in [-0.05, 0) is 43.3 Å². The second kappa shape index (κ2) is 13.2. The van der Waals surface area contributed by atoms with Gasteiger partial charge in [-0.15, -0.1) is 22.0 Å². The maximum atomic E-state index is 14.7. The summed E-state index contributed by atoms with van der Waals surface area (Å²) in [7, 11) is 1.77. The first-order chi connectivity index (χ1) is 17.9. The highest BCUT2D eigenvalue weighted by Gasteiger charge is 2.19. The zero-order chi connectivity index (χ0) is 26.9. The number of nitrogen functional groups attached to an aromatic ring is 1. The smallest absolute Gasteiger partial charge is 0.270 e. The normalized spacial score (nSPS) is 11.6. The van der Waals surface area contributed by atoms with Crippen LogP contribution in [0.2, 0.25) is 0 Å². The Balaban J connectivity index is 0.00000186. The lowest BCUT2D eigenvalue weighted by Crippen LogP contribution is -2.05. The maximum Gasteiger partial charge on any atom is 0.270 e. The molecular weight excluding hydrogens is 498 g/mol. The molecule has 2 aromatic heterocycles. The zero-order valence-corrected chi connectivity index (χ0v) is 21.9. The molecule has 0 saturated carbocycles. The number of thioether (sulfide) groups is 1. The molecule has 0 spiro atoms. The van der Waals surface area contributed by atoms with Gasteiger partial charge in [0, 0.05) is 28.9 Å². The lowest BCUT2D eigenvalue weighted by atomic mass is 10.1. The van der Waals surface area contributed by atoms with Gasteiger partial charge in [0.2, 0.25) is 0 Å². The van der Waals surface area contributed by atoms with Crippen molar-refractivity contribution >= 4 is 17.6 Å². The van der Waals surface area contributed by atoms with Crippen molar-refractivity contribution < 1.29 is 18.3 Å². The van der Waals surface area contributed by atoms with E-state index < -0.39 is 11.6 Å². The fraction of sp³-hybridized carbons (Fsp3) is 0.308. The van der Waals surface area contributed by atoms with E-state index in [1.165, 1.54) is 30.1 Å². The van der Waals surface area contributed by atoms with Crippen molar-refractivity contribution in [2.24, 2.45) is 0 Å². The van der Waals surface area contributed by atoms with E-state index in [2.05, 4.69) is 25.5 Å². The van der Waals surface area contributed by atoms with Crippen LogP contribution in [0.5, 0.6) is 0 Å². The molecule has 8 nitrogen and oxygen atoms in total. The van der Waals surface area contributed by atoms with Gasteiger partial charge in [0.05, 0.1) is 17.5 Å². The number of halogens is 2. The third-order valence-electron chi connectivity index (χ3n) is 5.16. The molecule has 0 saturated heterocycles. The Hall–Kier alpha value is -3.41. The van der Waals surface area contributed by atoms with Crippen molar-refractivity contribution in [3.8, 4) is 34.3 Å². The summed E-state index contributed by atoms with van der Waals surface area (Å²) in [5, 5.41) is 20.0. The SMILES string of the molecule is CC.CNCc1ccc(-c2nnc(-c3nc(-c4ccc(SC(C)CCO)c(F)c4)cnc3N)o2)c(F)c1. The van der Waals surface area contributed by atoms with Crippen LogP contribution in [-0.2, 0) is 6.54 Å². The number of aliphatic hydroxyl groups excluding tert-OH is 1. The average molecular weight is 529 g/mol. The van der Waals surface area contributed by atoms with Crippen molar-refractivity contribution in [1.82, 2.24) is 25.5 Å². The third-order valence-corrected chi connectivity index (χ3v) is 6.39. The van der Waals surface area contributed by atoms with Gasteiger partial charge < -0.3 is 20.6 Å². The minimum Gasteiger partial charge on any atom is -0.414 e. The lowest BCUT2D eigenvalue weighted by Gasteiger charge is -2.11. The number of nitrogens with two attached hydrogens (primary N) is 1. The van der Waals surface area contributed by atoms with Crippen LogP contribution in [0.1, 0.15) is 32.8 Å². The molecule has 2 heterocycles. The van der Waals surface area contributed by atoms with Gasteiger partial charge in [0.15, 0.2) is 11.5 Å². The zero-order valence-electron chi connectivity index (χ0n) is 21.1. The minimum atomic E-state index is -0.498. The average Bonchev–Trinajstić information content (AvgIpc) is 3.37. The summed E-state index contributed by atoms with van der Waals surface area (Å²) < 4.78 is 34.9. The third kappa shape index (κ3) is 6.88. The van der Waals surface area contributed by atoms with Crippen LogP contribution in [0, 0.1) is 11.6 Å². The van der Waals surface area contributed by atoms with Crippen LogP contribution in [0.3, 0.4) is 0 Å². The van der Waals surface area contributed by atoms with Gasteiger partial charge in [-0.2, -0.15) is 0 Å². The number of nitrogens with zero attached hydrogens (tertiary/aromatic N) is 4. The molecule has 196 valence electrons. The number of aliphatic hydroxyl groups is 1. The van der Waals surface area contributed by atoms with Gasteiger partial charge in [-0.1, -0.05) is 32.9 Å². The quantitative estimate of drug-likeness (QED) is 0.247. The van der Waals surface area contributed by atoms with E-state index in [1.54, 1.807) is 31.3 Å². The highest BCUT2D eigenvalue weighted by molar-refractivity contribution is 8.00. The van der Waals surface area contributed by atoms with Gasteiger partial charge in [0.25, 0.3) is 11.8 Å². The van der Waals surface area contributed by atoms with Gasteiger partial charge in [-0.3, -0.25) is 0 Å². The van der Waals surface area contributed by atoms with Gasteiger partial charge in [0.1, 0.15) is 11.6 Å². The number of benzene rings is 2. The molecule has 4 aromatic rings. The number of aromatic nitrogens is 4. The summed E-state index contributed by atoms with van der Waals surface area (Å²) in [5.41, 5.74) is 7.87. The summed E-state index contributed by atoms with van der Waals surface area (Å²) in [5.74, 6) is -0.919. The second-order valence-corrected chi connectivity index (χ2v) is 9.31. The van der Waals surface area contributed by atoms with Crippen molar-refractivity contribution in [1.29, 1.82) is 0 Å². The first kappa shape index (κ1) is 28.2. The standard InChI is InChI=1S/C24H24F2N6O2S.C2H6/c1-13(7-8-33)35-20-6-4-15(10-18(20)26)19-12-29-22(27)21(30-19)24-32-31-23(34-24)16-5-3-14(11-28-2)9-17(16)25;1-2/h3-6,9-10,12-13,28,33H,7-8,11H2,1-2H3,(H2,27,29);1-2H3. The Bertz CT molecular complexity index is 1330. The van der Waals surface area contributed by atoms with Crippen molar-refractivity contribution in [3.05, 3.63) is 59.8 Å². The largest absolute Gasteiger partial charge is 0.414 e. The first-order valence-corrected chi connectivity index (χ1v) is 12.7. The number of hydrogen-bond donors (Lipinski definition) is 3. The van der Waals surface area contributed by atoms with Crippen molar-refractivity contribution in [2.75, 3.05) is 19.4 Å². The predicted octanol–water partition coefficient (Wildman–Crippen LogP) is 5.33. The number of hydrogen-bond acceptors (Lipinski definition) is 9. The Morgan fingerprint density at radius 2 is 1.84 bits per heavy atom. The monoisotopic (exact) mass is 528 g/mol. The highest BCUT2D eigenvalue weighted by atomic mass is 32.2. The summed E-state index contributed by atoms with van der Waals surface area (Å²) in [6, 6.07) is 9.46. The summed E-state index contributed by atoms with van der Waals surface area (Å²) in [6.45, 7) is 6.49. The molecule has 0 amide bonds. The van der Waals surface area contributed by atoms with Crippen LogP contribution in [0.15, 0.2) is 51.9 Å².